The number of sulfonamides is 1. The summed E-state index contributed by atoms with van der Waals surface area (Å²) >= 11 is 0. The van der Waals surface area contributed by atoms with Gasteiger partial charge in [-0.3, -0.25) is 0 Å². The van der Waals surface area contributed by atoms with E-state index in [1.165, 1.54) is 0 Å². The quantitative estimate of drug-likeness (QED) is 0.837. The predicted molar refractivity (Wildman–Crippen MR) is 76.5 cm³/mol. The summed E-state index contributed by atoms with van der Waals surface area (Å²) in [6.07, 6.45) is 0. The maximum absolute atomic E-state index is 12.0. The average molecular weight is 285 g/mol. The zero-order valence-electron chi connectivity index (χ0n) is 12.1. The first-order valence-corrected chi connectivity index (χ1v) is 8.02. The zero-order valence-corrected chi connectivity index (χ0v) is 12.9. The van der Waals surface area contributed by atoms with Crippen LogP contribution in [0.4, 0.5) is 0 Å². The van der Waals surface area contributed by atoms with Gasteiger partial charge in [0.1, 0.15) is 0 Å². The molecular weight excluding hydrogens is 262 g/mol. The molecule has 108 valence electrons. The lowest BCUT2D eigenvalue weighted by molar-refractivity contribution is 0.0969. The number of hydrogen-bond donors (Lipinski definition) is 1. The van der Waals surface area contributed by atoms with Crippen LogP contribution in [0, 0.1) is 12.8 Å². The van der Waals surface area contributed by atoms with Gasteiger partial charge < -0.3 is 4.74 Å². The fourth-order valence-electron chi connectivity index (χ4n) is 1.70. The Hall–Kier alpha value is -0.910. The molecule has 0 aromatic heterocycles. The maximum Gasteiger partial charge on any atom is 0.240 e. The lowest BCUT2D eigenvalue weighted by Gasteiger charge is -2.11. The van der Waals surface area contributed by atoms with E-state index in [0.717, 1.165) is 11.1 Å². The van der Waals surface area contributed by atoms with Crippen LogP contribution in [0.1, 0.15) is 31.9 Å². The summed E-state index contributed by atoms with van der Waals surface area (Å²) in [4.78, 5) is 0.333. The van der Waals surface area contributed by atoms with Gasteiger partial charge in [0, 0.05) is 13.2 Å². The predicted octanol–water partition coefficient (Wildman–Crippen LogP) is 2.47. The smallest absolute Gasteiger partial charge is 0.240 e. The third-order valence-electron chi connectivity index (χ3n) is 2.60. The topological polar surface area (TPSA) is 55.4 Å². The molecule has 4 nitrogen and oxygen atoms in total. The van der Waals surface area contributed by atoms with Gasteiger partial charge >= 0.3 is 0 Å². The van der Waals surface area contributed by atoms with Gasteiger partial charge in [0.15, 0.2) is 0 Å². The molecule has 0 amide bonds. The minimum Gasteiger partial charge on any atom is -0.377 e. The first kappa shape index (κ1) is 16.1. The number of benzene rings is 1. The first-order chi connectivity index (χ1) is 8.86. The minimum atomic E-state index is -3.41. The Morgan fingerprint density at radius 1 is 1.32 bits per heavy atom. The summed E-state index contributed by atoms with van der Waals surface area (Å²) in [5.74, 6) is 0.468. The van der Waals surface area contributed by atoms with Crippen LogP contribution in [-0.4, -0.2) is 21.6 Å². The van der Waals surface area contributed by atoms with Crippen LogP contribution in [0.25, 0.3) is 0 Å². The summed E-state index contributed by atoms with van der Waals surface area (Å²) in [7, 11) is -3.41. The average Bonchev–Trinajstić information content (AvgIpc) is 2.30. The summed E-state index contributed by atoms with van der Waals surface area (Å²) < 4.78 is 32.1. The molecule has 19 heavy (non-hydrogen) atoms. The molecule has 0 heterocycles. The van der Waals surface area contributed by atoms with E-state index < -0.39 is 10.0 Å². The van der Waals surface area contributed by atoms with Crippen molar-refractivity contribution < 1.29 is 13.2 Å². The van der Waals surface area contributed by atoms with E-state index in [9.17, 15) is 8.42 Å². The van der Waals surface area contributed by atoms with E-state index in [-0.39, 0.29) is 0 Å². The second kappa shape index (κ2) is 7.03. The van der Waals surface area contributed by atoms with Crippen LogP contribution < -0.4 is 4.72 Å². The molecule has 5 heteroatoms. The minimum absolute atomic E-state index is 0.333. The van der Waals surface area contributed by atoms with E-state index >= 15 is 0 Å². The van der Waals surface area contributed by atoms with Gasteiger partial charge in [-0.25, -0.2) is 13.1 Å². The second-order valence-electron chi connectivity index (χ2n) is 5.01. The highest BCUT2D eigenvalue weighted by Crippen LogP contribution is 2.17. The summed E-state index contributed by atoms with van der Waals surface area (Å²) in [5, 5.41) is 0. The van der Waals surface area contributed by atoms with Crippen molar-refractivity contribution in [1.29, 1.82) is 0 Å². The fraction of sp³-hybridized carbons (Fsp3) is 0.571. The molecule has 0 atom stereocenters. The van der Waals surface area contributed by atoms with Crippen LogP contribution in [0.5, 0.6) is 0 Å². The monoisotopic (exact) mass is 285 g/mol. The Balaban J connectivity index is 2.89. The number of ether oxygens (including phenoxy) is 1. The molecule has 1 rings (SSSR count). The second-order valence-corrected chi connectivity index (χ2v) is 6.75. The molecule has 0 bridgehead atoms. The maximum atomic E-state index is 12.0. The normalized spacial score (nSPS) is 12.1. The molecule has 0 radical (unpaired) electrons. The molecule has 0 spiro atoms. The number of hydrogen-bond acceptors (Lipinski definition) is 3. The van der Waals surface area contributed by atoms with Crippen molar-refractivity contribution >= 4 is 10.0 Å². The van der Waals surface area contributed by atoms with Crippen LogP contribution in [-0.2, 0) is 21.4 Å². The van der Waals surface area contributed by atoms with Gasteiger partial charge in [0.2, 0.25) is 10.0 Å². The number of rotatable bonds is 7. The van der Waals surface area contributed by atoms with E-state index in [0.29, 0.717) is 30.6 Å². The molecule has 1 aromatic rings. The highest BCUT2D eigenvalue weighted by molar-refractivity contribution is 7.89. The highest BCUT2D eigenvalue weighted by Gasteiger charge is 2.16. The van der Waals surface area contributed by atoms with Crippen molar-refractivity contribution in [2.24, 2.45) is 5.92 Å². The third kappa shape index (κ3) is 4.93. The molecule has 0 saturated heterocycles. The standard InChI is InChI=1S/C14H23NO3S/c1-5-15-19(16,17)14-8-13(7-6-12(14)4)10-18-9-11(2)3/h6-8,11,15H,5,9-10H2,1-4H3. The largest absolute Gasteiger partial charge is 0.377 e. The molecular formula is C14H23NO3S. The van der Waals surface area contributed by atoms with Crippen LogP contribution in [0.15, 0.2) is 23.1 Å². The number of nitrogens with one attached hydrogen (secondary N) is 1. The van der Waals surface area contributed by atoms with Crippen LogP contribution in [0.3, 0.4) is 0 Å². The molecule has 0 unspecified atom stereocenters. The highest BCUT2D eigenvalue weighted by atomic mass is 32.2. The Labute approximate surface area is 116 Å². The van der Waals surface area contributed by atoms with E-state index in [2.05, 4.69) is 18.6 Å². The summed E-state index contributed by atoms with van der Waals surface area (Å²) in [5.41, 5.74) is 1.62. The first-order valence-electron chi connectivity index (χ1n) is 6.53. The Kier molecular flexibility index (Phi) is 5.97. The molecule has 0 aliphatic carbocycles. The third-order valence-corrected chi connectivity index (χ3v) is 4.28. The molecule has 1 aromatic carbocycles. The molecule has 1 N–H and O–H groups in total. The van der Waals surface area contributed by atoms with Crippen molar-refractivity contribution in [2.45, 2.75) is 39.2 Å². The molecule has 0 saturated carbocycles. The Morgan fingerprint density at radius 3 is 2.58 bits per heavy atom. The van der Waals surface area contributed by atoms with E-state index in [4.69, 9.17) is 4.74 Å². The van der Waals surface area contributed by atoms with Crippen molar-refractivity contribution in [3.05, 3.63) is 29.3 Å². The summed E-state index contributed by atoms with van der Waals surface area (Å²) in [6, 6.07) is 5.41. The van der Waals surface area contributed by atoms with E-state index in [1.54, 1.807) is 19.9 Å². The van der Waals surface area contributed by atoms with Crippen molar-refractivity contribution in [3.63, 3.8) is 0 Å². The van der Waals surface area contributed by atoms with Gasteiger partial charge in [-0.2, -0.15) is 0 Å². The van der Waals surface area contributed by atoms with Crippen LogP contribution in [0.2, 0.25) is 0 Å². The van der Waals surface area contributed by atoms with Gasteiger partial charge in [-0.15, -0.1) is 0 Å². The van der Waals surface area contributed by atoms with Crippen molar-refractivity contribution in [2.75, 3.05) is 13.2 Å². The zero-order chi connectivity index (χ0) is 14.5. The van der Waals surface area contributed by atoms with Gasteiger partial charge in [-0.1, -0.05) is 32.9 Å². The van der Waals surface area contributed by atoms with Crippen LogP contribution >= 0.6 is 0 Å². The lowest BCUT2D eigenvalue weighted by Crippen LogP contribution is -2.24. The fourth-order valence-corrected chi connectivity index (χ4v) is 3.04. The molecule has 0 aliphatic heterocycles. The Bertz CT molecular complexity index is 509. The van der Waals surface area contributed by atoms with Crippen molar-refractivity contribution in [1.82, 2.24) is 4.72 Å². The SMILES string of the molecule is CCNS(=O)(=O)c1cc(COCC(C)C)ccc1C. The molecule has 0 fully saturated rings. The molecule has 0 aliphatic rings. The van der Waals surface area contributed by atoms with Gasteiger partial charge in [0.05, 0.1) is 11.5 Å². The van der Waals surface area contributed by atoms with E-state index in [1.807, 2.05) is 12.1 Å². The summed E-state index contributed by atoms with van der Waals surface area (Å²) in [6.45, 7) is 9.21. The Morgan fingerprint density at radius 2 is 2.00 bits per heavy atom. The number of aryl methyl sites for hydroxylation is 1. The van der Waals surface area contributed by atoms with Gasteiger partial charge in [0.25, 0.3) is 0 Å². The lowest BCUT2D eigenvalue weighted by atomic mass is 10.1. The van der Waals surface area contributed by atoms with Crippen molar-refractivity contribution in [3.8, 4) is 0 Å². The van der Waals surface area contributed by atoms with Gasteiger partial charge in [-0.05, 0) is 30.0 Å².